The summed E-state index contributed by atoms with van der Waals surface area (Å²) in [4.78, 5) is 9.78. The van der Waals surface area contributed by atoms with Gasteiger partial charge in [0.2, 0.25) is 0 Å². The van der Waals surface area contributed by atoms with Crippen molar-refractivity contribution in [1.82, 2.24) is 0 Å². The van der Waals surface area contributed by atoms with E-state index in [9.17, 15) is 0 Å². The van der Waals surface area contributed by atoms with Gasteiger partial charge in [0.15, 0.2) is 0 Å². The van der Waals surface area contributed by atoms with Gasteiger partial charge in [0.05, 0.1) is 12.1 Å². The molecule has 0 aromatic heterocycles. The van der Waals surface area contributed by atoms with Crippen molar-refractivity contribution in [2.24, 2.45) is 0 Å². The van der Waals surface area contributed by atoms with Gasteiger partial charge in [-0.15, -0.1) is 0 Å². The number of benzene rings is 10. The van der Waals surface area contributed by atoms with Crippen LogP contribution in [0.15, 0.2) is 309 Å². The van der Waals surface area contributed by atoms with E-state index in [2.05, 4.69) is 344 Å². The maximum absolute atomic E-state index is 2.65. The molecule has 0 fully saturated rings. The van der Waals surface area contributed by atoms with Gasteiger partial charge in [-0.1, -0.05) is 199 Å². The molecule has 3 atom stereocenters. The second-order valence-corrected chi connectivity index (χ2v) is 20.7. The molecule has 12 rings (SSSR count). The third kappa shape index (κ3) is 10.7. The van der Waals surface area contributed by atoms with Crippen LogP contribution < -0.4 is 19.6 Å². The summed E-state index contributed by atoms with van der Waals surface area (Å²) in [5.74, 6) is 0.00231. The van der Waals surface area contributed by atoms with Crippen molar-refractivity contribution < 1.29 is 0 Å². The van der Waals surface area contributed by atoms with Crippen LogP contribution in [0.25, 0.3) is 16.7 Å². The highest BCUT2D eigenvalue weighted by molar-refractivity contribution is 5.92. The highest BCUT2D eigenvalue weighted by Crippen LogP contribution is 2.47. The summed E-state index contributed by atoms with van der Waals surface area (Å²) in [6.07, 6.45) is 15.3. The summed E-state index contributed by atoms with van der Waals surface area (Å²) in [6, 6.07) is 96.7. The van der Waals surface area contributed by atoms with Crippen LogP contribution in [0.3, 0.4) is 0 Å². The number of hydrogen-bond donors (Lipinski definition) is 0. The average molecular weight is 1020 g/mol. The molecule has 0 bridgehead atoms. The van der Waals surface area contributed by atoms with E-state index in [-0.39, 0.29) is 18.0 Å². The van der Waals surface area contributed by atoms with Crippen LogP contribution >= 0.6 is 0 Å². The molecule has 4 nitrogen and oxygen atoms in total. The summed E-state index contributed by atoms with van der Waals surface area (Å²) in [6.45, 7) is 6.67. The highest BCUT2D eigenvalue weighted by atomic mass is 15.2. The standard InChI is InChI=1S/C75H64N4/c1-55-34-49-73(70(52-55)58-37-43-67(44-38-58)76(61-22-10-4-11-23-61)62-24-12-5-13-25-62)79(74-50-35-56(2)53-71(74)59-39-45-68(46-40-59)77(63-26-14-6-15-27-63)64-28-16-7-17-29-64)75-51-36-57(3)54-72(75)60-41-47-69(48-42-60)78(65-30-18-8-19-31-65)66-32-20-9-21-33-66/h4-47,49-54,69-70,73H,48H2,1-3H3. The minimum absolute atomic E-state index is 0.00231. The number of allylic oxidation sites excluding steroid dienone is 4. The van der Waals surface area contributed by atoms with E-state index in [1.54, 1.807) is 0 Å². The first-order valence-electron chi connectivity index (χ1n) is 27.6. The summed E-state index contributed by atoms with van der Waals surface area (Å²) >= 11 is 0. The molecule has 384 valence electrons. The zero-order valence-corrected chi connectivity index (χ0v) is 45.1. The summed E-state index contributed by atoms with van der Waals surface area (Å²) < 4.78 is 0. The zero-order chi connectivity index (χ0) is 53.5. The topological polar surface area (TPSA) is 13.0 Å². The Morgan fingerprint density at radius 2 is 0.759 bits per heavy atom. The van der Waals surface area contributed by atoms with Gasteiger partial charge in [0.25, 0.3) is 0 Å². The Bertz CT molecular complexity index is 3660. The van der Waals surface area contributed by atoms with Crippen LogP contribution in [0.2, 0.25) is 0 Å². The molecule has 0 saturated carbocycles. The van der Waals surface area contributed by atoms with Crippen LogP contribution in [-0.4, -0.2) is 12.1 Å². The summed E-state index contributed by atoms with van der Waals surface area (Å²) in [5, 5.41) is 0. The second kappa shape index (κ2) is 22.9. The number of anilines is 10. The maximum Gasteiger partial charge on any atom is 0.0629 e. The normalized spacial score (nSPS) is 15.7. The van der Waals surface area contributed by atoms with Crippen molar-refractivity contribution in [1.29, 1.82) is 0 Å². The third-order valence-corrected chi connectivity index (χ3v) is 15.3. The first kappa shape index (κ1) is 50.2. The molecule has 3 unspecified atom stereocenters. The average Bonchev–Trinajstić information content (AvgIpc) is 3.58. The Balaban J connectivity index is 0.987. The van der Waals surface area contributed by atoms with E-state index in [4.69, 9.17) is 0 Å². The molecule has 0 saturated heterocycles. The largest absolute Gasteiger partial charge is 0.334 e. The molecule has 0 spiro atoms. The zero-order valence-electron chi connectivity index (χ0n) is 45.1. The third-order valence-electron chi connectivity index (χ3n) is 15.3. The van der Waals surface area contributed by atoms with E-state index in [0.29, 0.717) is 0 Å². The van der Waals surface area contributed by atoms with E-state index >= 15 is 0 Å². The number of aryl methyl sites for hydroxylation is 2. The van der Waals surface area contributed by atoms with Crippen LogP contribution in [0.5, 0.6) is 0 Å². The van der Waals surface area contributed by atoms with Gasteiger partial charge in [-0.25, -0.2) is 0 Å². The van der Waals surface area contributed by atoms with Crippen molar-refractivity contribution in [3.8, 4) is 11.1 Å². The molecular formula is C75H64N4. The lowest BCUT2D eigenvalue weighted by atomic mass is 9.83. The Labute approximate surface area is 467 Å². The van der Waals surface area contributed by atoms with Gasteiger partial charge in [-0.05, 0) is 165 Å². The Hall–Kier alpha value is -9.64. The number of nitrogens with zero attached hydrogens (tertiary/aromatic N) is 4. The smallest absolute Gasteiger partial charge is 0.0629 e. The fourth-order valence-electron chi connectivity index (χ4n) is 11.5. The van der Waals surface area contributed by atoms with Crippen molar-refractivity contribution in [2.45, 2.75) is 45.2 Å². The Morgan fingerprint density at radius 3 is 1.20 bits per heavy atom. The quantitative estimate of drug-likeness (QED) is 0.101. The lowest BCUT2D eigenvalue weighted by molar-refractivity contribution is 0.685. The number of rotatable bonds is 15. The molecule has 0 amide bonds. The van der Waals surface area contributed by atoms with E-state index in [1.807, 2.05) is 0 Å². The van der Waals surface area contributed by atoms with E-state index in [0.717, 1.165) is 57.5 Å². The molecule has 0 N–H and O–H groups in total. The van der Waals surface area contributed by atoms with Gasteiger partial charge in [0, 0.05) is 73.9 Å². The number of para-hydroxylation sites is 6. The fraction of sp³-hybridized carbons (Fsp3) is 0.0933. The van der Waals surface area contributed by atoms with Crippen molar-refractivity contribution >= 4 is 62.4 Å². The van der Waals surface area contributed by atoms with Crippen molar-refractivity contribution in [3.05, 3.63) is 331 Å². The van der Waals surface area contributed by atoms with E-state index < -0.39 is 0 Å². The predicted octanol–water partition coefficient (Wildman–Crippen LogP) is 20.3. The Morgan fingerprint density at radius 1 is 0.354 bits per heavy atom. The van der Waals surface area contributed by atoms with Crippen molar-refractivity contribution in [2.75, 3.05) is 19.6 Å². The minimum Gasteiger partial charge on any atom is -0.334 e. The monoisotopic (exact) mass is 1020 g/mol. The Kier molecular flexibility index (Phi) is 14.6. The van der Waals surface area contributed by atoms with Gasteiger partial charge in [0.1, 0.15) is 0 Å². The molecule has 10 aromatic rings. The summed E-state index contributed by atoms with van der Waals surface area (Å²) in [7, 11) is 0. The second-order valence-electron chi connectivity index (χ2n) is 20.7. The first-order valence-corrected chi connectivity index (χ1v) is 27.6. The van der Waals surface area contributed by atoms with Crippen LogP contribution in [0.1, 0.15) is 41.5 Å². The van der Waals surface area contributed by atoms with Crippen LogP contribution in [0.4, 0.5) is 56.9 Å². The van der Waals surface area contributed by atoms with Crippen LogP contribution in [-0.2, 0) is 0 Å². The van der Waals surface area contributed by atoms with Gasteiger partial charge < -0.3 is 19.6 Å². The van der Waals surface area contributed by atoms with Crippen molar-refractivity contribution in [3.63, 3.8) is 0 Å². The molecule has 4 heteroatoms. The van der Waals surface area contributed by atoms with E-state index in [1.165, 1.54) is 50.3 Å². The maximum atomic E-state index is 2.65. The summed E-state index contributed by atoms with van der Waals surface area (Å²) in [5.41, 5.74) is 21.0. The molecule has 2 aliphatic rings. The molecule has 10 aromatic carbocycles. The number of hydrogen-bond acceptors (Lipinski definition) is 4. The molecule has 79 heavy (non-hydrogen) atoms. The fourth-order valence-corrected chi connectivity index (χ4v) is 11.5. The predicted molar refractivity (Wildman–Crippen MR) is 336 cm³/mol. The molecule has 2 aliphatic carbocycles. The lowest BCUT2D eigenvalue weighted by Crippen LogP contribution is -2.36. The molecule has 0 heterocycles. The SMILES string of the molecule is CC1=CC(c2ccc(N(c3ccccc3)c3ccccc3)cc2)C(N(c2ccc(C)cc2C2=CCC(N(c3ccccc3)c3ccccc3)C=C2)c2ccc(C)cc2-c2ccc(N(c3ccccc3)c3ccccc3)cc2)C=C1. The molecule has 0 radical (unpaired) electrons. The van der Waals surface area contributed by atoms with Crippen LogP contribution in [0, 0.1) is 13.8 Å². The molecule has 0 aliphatic heterocycles. The minimum atomic E-state index is -0.102. The lowest BCUT2D eigenvalue weighted by Gasteiger charge is -2.40. The van der Waals surface area contributed by atoms with Gasteiger partial charge in [-0.3, -0.25) is 0 Å². The highest BCUT2D eigenvalue weighted by Gasteiger charge is 2.33. The van der Waals surface area contributed by atoms with Gasteiger partial charge in [-0.2, -0.15) is 0 Å². The molecular weight excluding hydrogens is 957 g/mol. The first-order chi connectivity index (χ1) is 38.9. The van der Waals surface area contributed by atoms with Gasteiger partial charge >= 0.3 is 0 Å².